The largest absolute Gasteiger partial charge is 0.443 e. The third-order valence-electron chi connectivity index (χ3n) is 4.37. The highest BCUT2D eigenvalue weighted by atomic mass is 16.5. The van der Waals surface area contributed by atoms with E-state index in [0.717, 1.165) is 35.1 Å². The van der Waals surface area contributed by atoms with Crippen molar-refractivity contribution in [3.05, 3.63) is 72.2 Å². The zero-order valence-electron chi connectivity index (χ0n) is 13.3. The average molecular weight is 307 g/mol. The first-order valence-corrected chi connectivity index (χ1v) is 7.77. The van der Waals surface area contributed by atoms with Crippen molar-refractivity contribution in [1.82, 2.24) is 4.90 Å². The average Bonchev–Trinajstić information content (AvgIpc) is 3.07. The molecule has 0 N–H and O–H groups in total. The van der Waals surface area contributed by atoms with E-state index in [4.69, 9.17) is 9.15 Å². The minimum Gasteiger partial charge on any atom is -0.443 e. The van der Waals surface area contributed by atoms with E-state index >= 15 is 0 Å². The SMILES string of the molecule is CN1C(=CC=Cc2oc3ccccc3[n+]2C)OC2=CC=CCC21. The van der Waals surface area contributed by atoms with Gasteiger partial charge in [-0.15, -0.1) is 0 Å². The highest BCUT2D eigenvalue weighted by molar-refractivity contribution is 5.69. The first kappa shape index (κ1) is 13.9. The van der Waals surface area contributed by atoms with Crippen molar-refractivity contribution < 1.29 is 13.7 Å². The number of nitrogens with zero attached hydrogens (tertiary/aromatic N) is 2. The molecule has 1 aromatic carbocycles. The molecular weight excluding hydrogens is 288 g/mol. The lowest BCUT2D eigenvalue weighted by molar-refractivity contribution is -0.652. The maximum Gasteiger partial charge on any atom is 0.373 e. The van der Waals surface area contributed by atoms with Crippen LogP contribution in [0.15, 0.2) is 70.7 Å². The summed E-state index contributed by atoms with van der Waals surface area (Å²) in [5.41, 5.74) is 1.97. The molecule has 1 aliphatic carbocycles. The number of allylic oxidation sites excluding steroid dienone is 4. The molecule has 0 spiro atoms. The summed E-state index contributed by atoms with van der Waals surface area (Å²) in [6, 6.07) is 8.34. The summed E-state index contributed by atoms with van der Waals surface area (Å²) >= 11 is 0. The Bertz CT molecular complexity index is 871. The van der Waals surface area contributed by atoms with Crippen LogP contribution in [0, 0.1) is 0 Å². The van der Waals surface area contributed by atoms with Crippen LogP contribution in [-0.4, -0.2) is 18.0 Å². The molecular formula is C19H19N2O2+. The van der Waals surface area contributed by atoms with Gasteiger partial charge in [-0.05, 0) is 30.7 Å². The van der Waals surface area contributed by atoms with Crippen LogP contribution in [0.1, 0.15) is 12.3 Å². The molecule has 1 fully saturated rings. The molecule has 1 unspecified atom stereocenters. The van der Waals surface area contributed by atoms with Gasteiger partial charge in [0.2, 0.25) is 5.58 Å². The van der Waals surface area contributed by atoms with Gasteiger partial charge in [0.25, 0.3) is 5.52 Å². The highest BCUT2D eigenvalue weighted by Gasteiger charge is 2.31. The maximum absolute atomic E-state index is 5.91. The molecule has 1 saturated heterocycles. The molecule has 1 aromatic heterocycles. The second-order valence-corrected chi connectivity index (χ2v) is 5.79. The number of ether oxygens (including phenoxy) is 1. The van der Waals surface area contributed by atoms with Gasteiger partial charge >= 0.3 is 5.89 Å². The normalized spacial score (nSPS) is 22.0. The number of oxazole rings is 1. The minimum absolute atomic E-state index is 0.321. The van der Waals surface area contributed by atoms with Crippen LogP contribution in [0.25, 0.3) is 17.2 Å². The molecule has 1 aliphatic heterocycles. The Balaban J connectivity index is 1.58. The van der Waals surface area contributed by atoms with Gasteiger partial charge in [0, 0.05) is 13.1 Å². The van der Waals surface area contributed by atoms with Crippen molar-refractivity contribution in [2.24, 2.45) is 7.05 Å². The molecule has 116 valence electrons. The topological polar surface area (TPSA) is 29.5 Å². The number of para-hydroxylation sites is 2. The molecule has 0 amide bonds. The summed E-state index contributed by atoms with van der Waals surface area (Å²) in [5, 5.41) is 0. The highest BCUT2D eigenvalue weighted by Crippen LogP contribution is 2.32. The van der Waals surface area contributed by atoms with Crippen molar-refractivity contribution in [2.75, 3.05) is 7.05 Å². The smallest absolute Gasteiger partial charge is 0.373 e. The Hall–Kier alpha value is -2.75. The molecule has 2 aromatic rings. The van der Waals surface area contributed by atoms with E-state index in [2.05, 4.69) is 18.0 Å². The summed E-state index contributed by atoms with van der Waals surface area (Å²) in [6.07, 6.45) is 13.1. The fraction of sp³-hybridized carbons (Fsp3) is 0.211. The minimum atomic E-state index is 0.321. The number of aromatic nitrogens is 1. The van der Waals surface area contributed by atoms with Crippen LogP contribution in [-0.2, 0) is 11.8 Å². The number of rotatable bonds is 2. The predicted octanol–water partition coefficient (Wildman–Crippen LogP) is 3.29. The second kappa shape index (κ2) is 5.47. The molecule has 0 saturated carbocycles. The summed E-state index contributed by atoms with van der Waals surface area (Å²) in [4.78, 5) is 2.16. The van der Waals surface area contributed by atoms with E-state index in [1.807, 2.05) is 66.3 Å². The van der Waals surface area contributed by atoms with E-state index < -0.39 is 0 Å². The molecule has 2 aliphatic rings. The van der Waals surface area contributed by atoms with Crippen LogP contribution >= 0.6 is 0 Å². The number of likely N-dealkylation sites (N-methyl/N-ethyl adjacent to an activating group) is 1. The Labute approximate surface area is 135 Å². The lowest BCUT2D eigenvalue weighted by atomic mass is 10.1. The van der Waals surface area contributed by atoms with E-state index in [1.54, 1.807) is 0 Å². The standard InChI is InChI=1S/C19H19N2O2/c1-20-14-8-3-5-10-16(14)22-18(20)12-7-13-19-21(2)15-9-4-6-11-17(15)23-19/h3-8,10-13,15H,9H2,1-2H3/q+1. The van der Waals surface area contributed by atoms with Crippen molar-refractivity contribution in [1.29, 1.82) is 0 Å². The van der Waals surface area contributed by atoms with Gasteiger partial charge < -0.3 is 14.1 Å². The van der Waals surface area contributed by atoms with Crippen LogP contribution in [0.4, 0.5) is 0 Å². The predicted molar refractivity (Wildman–Crippen MR) is 89.0 cm³/mol. The van der Waals surface area contributed by atoms with Crippen molar-refractivity contribution >= 4 is 17.2 Å². The van der Waals surface area contributed by atoms with Crippen LogP contribution in [0.3, 0.4) is 0 Å². The number of hydrogen-bond donors (Lipinski definition) is 0. The molecule has 4 nitrogen and oxygen atoms in total. The maximum atomic E-state index is 5.91. The Morgan fingerprint density at radius 3 is 3.00 bits per heavy atom. The Morgan fingerprint density at radius 1 is 1.30 bits per heavy atom. The first-order chi connectivity index (χ1) is 11.2. The van der Waals surface area contributed by atoms with Crippen LogP contribution in [0.5, 0.6) is 0 Å². The zero-order chi connectivity index (χ0) is 15.8. The fourth-order valence-corrected chi connectivity index (χ4v) is 3.03. The van der Waals surface area contributed by atoms with Crippen molar-refractivity contribution in [2.45, 2.75) is 12.5 Å². The van der Waals surface area contributed by atoms with Gasteiger partial charge in [-0.3, -0.25) is 0 Å². The van der Waals surface area contributed by atoms with Crippen LogP contribution < -0.4 is 4.57 Å². The summed E-state index contributed by atoms with van der Waals surface area (Å²) in [7, 11) is 4.06. The lowest BCUT2D eigenvalue weighted by Gasteiger charge is -2.18. The zero-order valence-corrected chi connectivity index (χ0v) is 13.3. The fourth-order valence-electron chi connectivity index (χ4n) is 3.03. The molecule has 4 rings (SSSR count). The Kier molecular flexibility index (Phi) is 3.30. The summed E-state index contributed by atoms with van der Waals surface area (Å²) in [5.74, 6) is 2.69. The lowest BCUT2D eigenvalue weighted by Crippen LogP contribution is -2.29. The van der Waals surface area contributed by atoms with Gasteiger partial charge in [-0.2, -0.15) is 4.57 Å². The quantitative estimate of drug-likeness (QED) is 0.797. The third-order valence-corrected chi connectivity index (χ3v) is 4.37. The number of hydrogen-bond acceptors (Lipinski definition) is 3. The molecule has 0 radical (unpaired) electrons. The number of aryl methyl sites for hydroxylation is 1. The van der Waals surface area contributed by atoms with E-state index in [1.165, 1.54) is 0 Å². The van der Waals surface area contributed by atoms with Gasteiger partial charge in [-0.25, -0.2) is 0 Å². The molecule has 2 heterocycles. The second-order valence-electron chi connectivity index (χ2n) is 5.79. The van der Waals surface area contributed by atoms with Gasteiger partial charge in [0.05, 0.1) is 12.1 Å². The molecule has 23 heavy (non-hydrogen) atoms. The van der Waals surface area contributed by atoms with Gasteiger partial charge in [-0.1, -0.05) is 24.3 Å². The van der Waals surface area contributed by atoms with E-state index in [-0.39, 0.29) is 0 Å². The van der Waals surface area contributed by atoms with Gasteiger partial charge in [0.1, 0.15) is 12.8 Å². The first-order valence-electron chi connectivity index (χ1n) is 7.77. The van der Waals surface area contributed by atoms with E-state index in [9.17, 15) is 0 Å². The summed E-state index contributed by atoms with van der Waals surface area (Å²) < 4.78 is 13.8. The summed E-state index contributed by atoms with van der Waals surface area (Å²) in [6.45, 7) is 0. The van der Waals surface area contributed by atoms with Crippen LogP contribution in [0.2, 0.25) is 0 Å². The number of benzene rings is 1. The molecule has 0 bridgehead atoms. The van der Waals surface area contributed by atoms with Crippen molar-refractivity contribution in [3.8, 4) is 0 Å². The Morgan fingerprint density at radius 2 is 2.17 bits per heavy atom. The monoisotopic (exact) mass is 307 g/mol. The number of fused-ring (bicyclic) bond motifs is 2. The molecule has 4 heteroatoms. The van der Waals surface area contributed by atoms with Gasteiger partial charge in [0.15, 0.2) is 5.88 Å². The third kappa shape index (κ3) is 2.36. The van der Waals surface area contributed by atoms with Crippen molar-refractivity contribution in [3.63, 3.8) is 0 Å². The van der Waals surface area contributed by atoms with E-state index in [0.29, 0.717) is 6.04 Å². The molecule has 1 atom stereocenters.